The molecule has 0 atom stereocenters. The molecular formula is C14H30K2O5S. The fraction of sp³-hybridized carbons (Fsp3) is 1.00. The molecule has 0 saturated heterocycles. The molecule has 0 aliphatic carbocycles. The number of rotatable bonds is 12. The molecule has 0 rings (SSSR count). The second kappa shape index (κ2) is 26.3. The van der Waals surface area contributed by atoms with Gasteiger partial charge in [-0.2, -0.15) is 0 Å². The van der Waals surface area contributed by atoms with Crippen molar-refractivity contribution in [3.05, 3.63) is 0 Å². The monoisotopic (exact) mass is 388 g/mol. The van der Waals surface area contributed by atoms with Crippen molar-refractivity contribution in [2.24, 2.45) is 0 Å². The van der Waals surface area contributed by atoms with Gasteiger partial charge in [0.1, 0.15) is 0 Å². The summed E-state index contributed by atoms with van der Waals surface area (Å²) in [6, 6.07) is 0. The molecule has 0 aromatic rings. The predicted molar refractivity (Wildman–Crippen MR) is 78.6 cm³/mol. The van der Waals surface area contributed by atoms with Crippen LogP contribution < -0.4 is 103 Å². The molecular weight excluding hydrogens is 358 g/mol. The van der Waals surface area contributed by atoms with E-state index in [1.165, 1.54) is 70.6 Å². The first-order valence-electron chi connectivity index (χ1n) is 7.69. The summed E-state index contributed by atoms with van der Waals surface area (Å²) in [5.41, 5.74) is 0. The van der Waals surface area contributed by atoms with Crippen LogP contribution >= 0.6 is 0 Å². The Morgan fingerprint density at radius 1 is 0.682 bits per heavy atom. The fourth-order valence-corrected chi connectivity index (χ4v) is 1.95. The Morgan fingerprint density at radius 3 is 1.14 bits per heavy atom. The van der Waals surface area contributed by atoms with Crippen molar-refractivity contribution in [3.8, 4) is 0 Å². The van der Waals surface area contributed by atoms with Crippen molar-refractivity contribution in [1.29, 1.82) is 0 Å². The molecule has 0 amide bonds. The van der Waals surface area contributed by atoms with Gasteiger partial charge in [0.15, 0.2) is 0 Å². The first-order valence-corrected chi connectivity index (χ1v) is 9.02. The van der Waals surface area contributed by atoms with E-state index in [9.17, 15) is 0 Å². The molecule has 8 heteroatoms. The van der Waals surface area contributed by atoms with Crippen LogP contribution in [0.5, 0.6) is 0 Å². The largest absolute Gasteiger partial charge is 1.00 e. The van der Waals surface area contributed by atoms with Crippen LogP contribution in [0, 0.1) is 0 Å². The second-order valence-corrected chi connectivity index (χ2v) is 5.84. The molecule has 0 aliphatic rings. The molecule has 0 unspecified atom stereocenters. The zero-order chi connectivity index (χ0) is 15.7. The molecule has 0 radical (unpaired) electrons. The van der Waals surface area contributed by atoms with Gasteiger partial charge in [-0.15, -0.1) is 0 Å². The average molecular weight is 389 g/mol. The van der Waals surface area contributed by atoms with Crippen LogP contribution in [0.2, 0.25) is 0 Å². The third-order valence-corrected chi connectivity index (χ3v) is 3.01. The molecule has 0 spiro atoms. The van der Waals surface area contributed by atoms with Gasteiger partial charge in [0.2, 0.25) is 0 Å². The van der Waals surface area contributed by atoms with Gasteiger partial charge in [0.05, 0.1) is 0 Å². The number of unbranched alkanes of at least 4 members (excludes halogenated alkanes) is 11. The van der Waals surface area contributed by atoms with Crippen molar-refractivity contribution in [2.75, 3.05) is 6.61 Å². The summed E-state index contributed by atoms with van der Waals surface area (Å²) in [6.07, 6.45) is 16.2. The molecule has 0 aliphatic heterocycles. The number of aliphatic hydroxyl groups excluding tert-OH is 1. The normalized spacial score (nSPS) is 10.0. The Bertz CT molecular complexity index is 254. The van der Waals surface area contributed by atoms with Crippen LogP contribution in [0.1, 0.15) is 84.0 Å². The van der Waals surface area contributed by atoms with Gasteiger partial charge in [0, 0.05) is 17.0 Å². The zero-order valence-electron chi connectivity index (χ0n) is 14.7. The van der Waals surface area contributed by atoms with Gasteiger partial charge < -0.3 is 14.2 Å². The van der Waals surface area contributed by atoms with Gasteiger partial charge in [0.25, 0.3) is 0 Å². The number of aliphatic hydroxyl groups is 1. The van der Waals surface area contributed by atoms with Crippen molar-refractivity contribution in [2.45, 2.75) is 84.0 Å². The van der Waals surface area contributed by atoms with Crippen molar-refractivity contribution in [1.82, 2.24) is 0 Å². The Balaban J connectivity index is -0.000000201. The third kappa shape index (κ3) is 49.5. The molecule has 0 saturated carbocycles. The Morgan fingerprint density at radius 2 is 0.909 bits per heavy atom. The van der Waals surface area contributed by atoms with Gasteiger partial charge in [-0.3, -0.25) is 8.42 Å². The minimum absolute atomic E-state index is 0. The molecule has 0 aromatic carbocycles. The van der Waals surface area contributed by atoms with Gasteiger partial charge >= 0.3 is 103 Å². The molecule has 0 heterocycles. The Labute approximate surface area is 222 Å². The van der Waals surface area contributed by atoms with Crippen LogP contribution in [0.3, 0.4) is 0 Å². The first kappa shape index (κ1) is 32.7. The summed E-state index contributed by atoms with van der Waals surface area (Å²) >= 11 is 0. The van der Waals surface area contributed by atoms with E-state index in [-0.39, 0.29) is 103 Å². The standard InChI is InChI=1S/C14H30O.2K.H2O4S/c1-2-3-4-5-6-7-8-9-10-11-12-13-14-15;;;1-5(2,3)4/h15H,2-14H2,1H3;;;(H2,1,2,3,4)/q;2*+1;/p-2. The summed E-state index contributed by atoms with van der Waals surface area (Å²) in [7, 11) is -5.17. The van der Waals surface area contributed by atoms with Crippen molar-refractivity contribution in [3.63, 3.8) is 0 Å². The minimum atomic E-state index is -5.17. The van der Waals surface area contributed by atoms with Crippen LogP contribution in [-0.2, 0) is 10.4 Å². The number of hydrogen-bond acceptors (Lipinski definition) is 5. The fourth-order valence-electron chi connectivity index (χ4n) is 1.95. The van der Waals surface area contributed by atoms with E-state index in [1.54, 1.807) is 0 Å². The molecule has 5 nitrogen and oxygen atoms in total. The molecule has 124 valence electrons. The molecule has 0 aromatic heterocycles. The van der Waals surface area contributed by atoms with Gasteiger partial charge in [-0.1, -0.05) is 77.6 Å². The third-order valence-electron chi connectivity index (χ3n) is 3.01. The maximum absolute atomic E-state index is 8.61. The summed E-state index contributed by atoms with van der Waals surface area (Å²) < 4.78 is 34.1. The van der Waals surface area contributed by atoms with E-state index in [4.69, 9.17) is 22.6 Å². The van der Waals surface area contributed by atoms with E-state index in [0.717, 1.165) is 6.42 Å². The Hall–Kier alpha value is 3.10. The SMILES string of the molecule is CCCCCCCCCCCCCCO.O=S(=O)([O-])[O-].[K+].[K+]. The van der Waals surface area contributed by atoms with Crippen LogP contribution in [-0.4, -0.2) is 29.2 Å². The topological polar surface area (TPSA) is 100 Å². The summed E-state index contributed by atoms with van der Waals surface area (Å²) in [6.45, 7) is 2.64. The van der Waals surface area contributed by atoms with Crippen LogP contribution in [0.15, 0.2) is 0 Å². The minimum Gasteiger partial charge on any atom is -0.759 e. The molecule has 1 N–H and O–H groups in total. The zero-order valence-corrected chi connectivity index (χ0v) is 21.7. The number of hydrogen-bond donors (Lipinski definition) is 1. The van der Waals surface area contributed by atoms with E-state index in [2.05, 4.69) is 6.92 Å². The smallest absolute Gasteiger partial charge is 0.759 e. The maximum atomic E-state index is 8.61. The van der Waals surface area contributed by atoms with Crippen LogP contribution in [0.25, 0.3) is 0 Å². The molecule has 0 fully saturated rings. The van der Waals surface area contributed by atoms with Gasteiger partial charge in [-0.25, -0.2) is 0 Å². The van der Waals surface area contributed by atoms with E-state index in [1.807, 2.05) is 0 Å². The quantitative estimate of drug-likeness (QED) is 0.170. The maximum Gasteiger partial charge on any atom is 1.00 e. The van der Waals surface area contributed by atoms with Crippen molar-refractivity contribution < 1.29 is 125 Å². The summed E-state index contributed by atoms with van der Waals surface area (Å²) in [5, 5.41) is 8.61. The van der Waals surface area contributed by atoms with Crippen LogP contribution in [0.4, 0.5) is 0 Å². The summed E-state index contributed by atoms with van der Waals surface area (Å²) in [4.78, 5) is 0. The first-order chi connectivity index (χ1) is 9.41. The molecule has 0 bridgehead atoms. The van der Waals surface area contributed by atoms with E-state index >= 15 is 0 Å². The summed E-state index contributed by atoms with van der Waals surface area (Å²) in [5.74, 6) is 0. The average Bonchev–Trinajstić information content (AvgIpc) is 2.34. The van der Waals surface area contributed by atoms with Crippen molar-refractivity contribution >= 4 is 10.4 Å². The second-order valence-electron chi connectivity index (χ2n) is 5.02. The van der Waals surface area contributed by atoms with Gasteiger partial charge in [-0.05, 0) is 6.42 Å². The van der Waals surface area contributed by atoms with E-state index < -0.39 is 10.4 Å². The van der Waals surface area contributed by atoms with E-state index in [0.29, 0.717) is 6.61 Å². The Kier molecular flexibility index (Phi) is 39.2. The predicted octanol–water partition coefficient (Wildman–Crippen LogP) is -2.65. The molecule has 22 heavy (non-hydrogen) atoms.